The number of ether oxygens (including phenoxy) is 4. The Morgan fingerprint density at radius 2 is 0.918 bits per heavy atom. The van der Waals surface area contributed by atoms with E-state index in [0.717, 1.165) is 37.4 Å². The second-order valence-electron chi connectivity index (χ2n) is 17.7. The summed E-state index contributed by atoms with van der Waals surface area (Å²) in [6.07, 6.45) is 2.89. The summed E-state index contributed by atoms with van der Waals surface area (Å²) in [7, 11) is 0. The predicted molar refractivity (Wildman–Crippen MR) is 190 cm³/mol. The summed E-state index contributed by atoms with van der Waals surface area (Å²) < 4.78 is 24.4. The first-order valence-electron chi connectivity index (χ1n) is 18.3. The zero-order valence-electron chi connectivity index (χ0n) is 31.0. The van der Waals surface area contributed by atoms with Crippen LogP contribution < -0.4 is 0 Å². The summed E-state index contributed by atoms with van der Waals surface area (Å²) in [6, 6.07) is 19.6. The van der Waals surface area contributed by atoms with E-state index in [0.29, 0.717) is 25.7 Å². The van der Waals surface area contributed by atoms with Gasteiger partial charge in [0, 0.05) is 60.9 Å². The summed E-state index contributed by atoms with van der Waals surface area (Å²) in [6.45, 7) is 21.1. The van der Waals surface area contributed by atoms with Gasteiger partial charge in [-0.1, -0.05) is 60.7 Å². The van der Waals surface area contributed by atoms with Gasteiger partial charge in [-0.2, -0.15) is 0 Å². The average molecular weight is 675 g/mol. The van der Waals surface area contributed by atoms with Crippen LogP contribution in [-0.4, -0.2) is 94.6 Å². The fourth-order valence-electron chi connectivity index (χ4n) is 9.21. The topological polar surface area (TPSA) is 84.1 Å². The quantitative estimate of drug-likeness (QED) is 0.146. The first kappa shape index (κ1) is 36.0. The van der Waals surface area contributed by atoms with Gasteiger partial charge >= 0.3 is 11.9 Å². The molecule has 8 heteroatoms. The molecule has 2 atom stereocenters. The molecule has 0 radical (unpaired) electrons. The number of likely N-dealkylation sites (tertiary alicyclic amines) is 2. The first-order chi connectivity index (χ1) is 23.0. The van der Waals surface area contributed by atoms with E-state index >= 15 is 0 Å². The van der Waals surface area contributed by atoms with Gasteiger partial charge < -0.3 is 18.9 Å². The van der Waals surface area contributed by atoms with Crippen molar-refractivity contribution in [3.63, 3.8) is 0 Å². The molecule has 0 amide bonds. The molecule has 4 fully saturated rings. The van der Waals surface area contributed by atoms with E-state index in [-0.39, 0.29) is 59.4 Å². The number of epoxide rings is 2. The Balaban J connectivity index is 1.31. The maximum absolute atomic E-state index is 15.0. The van der Waals surface area contributed by atoms with Crippen molar-refractivity contribution in [3.8, 4) is 0 Å². The summed E-state index contributed by atoms with van der Waals surface area (Å²) in [5, 5.41) is 0. The van der Waals surface area contributed by atoms with Crippen LogP contribution in [0.5, 0.6) is 0 Å². The molecule has 4 saturated heterocycles. The minimum Gasteiger partial charge on any atom is -0.461 e. The molecule has 0 aliphatic carbocycles. The highest BCUT2D eigenvalue weighted by Gasteiger charge is 2.55. The molecule has 0 N–H and O–H groups in total. The van der Waals surface area contributed by atoms with Crippen LogP contribution in [-0.2, 0) is 41.4 Å². The number of piperidine rings is 2. The number of benzene rings is 2. The Labute approximate surface area is 293 Å². The summed E-state index contributed by atoms with van der Waals surface area (Å²) in [5.41, 5.74) is -0.675. The Kier molecular flexibility index (Phi) is 9.86. The van der Waals surface area contributed by atoms with E-state index in [9.17, 15) is 9.59 Å². The molecule has 0 aromatic heterocycles. The van der Waals surface area contributed by atoms with Crippen LogP contribution in [0.2, 0.25) is 0 Å². The SMILES string of the molecule is CC1(C)CC(OC(=O)C(Cc2ccccc2)(Cc2ccccc2)C(=O)OC2CC(C)(C)N(CC3CO3)C(C)(C)C2)CC(C)(C)N1CC1CO1. The largest absolute Gasteiger partial charge is 0.461 e. The van der Waals surface area contributed by atoms with Gasteiger partial charge in [-0.05, 0) is 79.4 Å². The Morgan fingerprint density at radius 1 is 0.612 bits per heavy atom. The van der Waals surface area contributed by atoms with Crippen LogP contribution in [0, 0.1) is 5.41 Å². The van der Waals surface area contributed by atoms with Gasteiger partial charge in [0.2, 0.25) is 0 Å². The van der Waals surface area contributed by atoms with E-state index in [1.54, 1.807) is 0 Å². The molecule has 2 unspecified atom stereocenters. The van der Waals surface area contributed by atoms with E-state index in [4.69, 9.17) is 18.9 Å². The van der Waals surface area contributed by atoms with Crippen molar-refractivity contribution in [1.82, 2.24) is 9.80 Å². The van der Waals surface area contributed by atoms with Crippen LogP contribution in [0.4, 0.5) is 0 Å². The van der Waals surface area contributed by atoms with Gasteiger partial charge in [0.25, 0.3) is 0 Å². The number of esters is 2. The minimum absolute atomic E-state index is 0.190. The third-order valence-electron chi connectivity index (χ3n) is 11.4. The molecule has 0 spiro atoms. The lowest BCUT2D eigenvalue weighted by atomic mass is 9.74. The van der Waals surface area contributed by atoms with Crippen molar-refractivity contribution < 1.29 is 28.5 Å². The first-order valence-corrected chi connectivity index (χ1v) is 18.3. The zero-order chi connectivity index (χ0) is 35.2. The molecule has 2 aromatic carbocycles. The third kappa shape index (κ3) is 8.24. The average Bonchev–Trinajstić information content (AvgIpc) is 3.93. The summed E-state index contributed by atoms with van der Waals surface area (Å²) >= 11 is 0. The standard InChI is InChI=1S/C41H58N2O6/c1-37(2)21-31(22-38(3,4)42(37)25-33-27-46-33)48-35(44)41(19-29-15-11-9-12-16-29,20-30-17-13-10-14-18-30)36(45)49-32-23-39(5,6)43(26-34-28-47-34)40(7,8)24-32/h9-18,31-34H,19-28H2,1-8H3. The molecule has 8 nitrogen and oxygen atoms in total. The highest BCUT2D eigenvalue weighted by molar-refractivity contribution is 6.01. The van der Waals surface area contributed by atoms with Crippen molar-refractivity contribution in [2.75, 3.05) is 26.3 Å². The van der Waals surface area contributed by atoms with Crippen molar-refractivity contribution in [1.29, 1.82) is 0 Å². The van der Waals surface area contributed by atoms with Crippen LogP contribution in [0.3, 0.4) is 0 Å². The molecule has 2 aromatic rings. The summed E-state index contributed by atoms with van der Waals surface area (Å²) in [4.78, 5) is 35.0. The lowest BCUT2D eigenvalue weighted by molar-refractivity contribution is -0.189. The zero-order valence-corrected chi connectivity index (χ0v) is 31.0. The third-order valence-corrected chi connectivity index (χ3v) is 11.4. The van der Waals surface area contributed by atoms with Gasteiger partial charge in [0.05, 0.1) is 25.4 Å². The molecular weight excluding hydrogens is 616 g/mol. The number of hydrogen-bond donors (Lipinski definition) is 0. The lowest BCUT2D eigenvalue weighted by Gasteiger charge is -2.55. The number of carbonyl (C=O) groups excluding carboxylic acids is 2. The fraction of sp³-hybridized carbons (Fsp3) is 0.659. The second-order valence-corrected chi connectivity index (χ2v) is 17.7. The molecule has 4 aliphatic heterocycles. The van der Waals surface area contributed by atoms with Crippen molar-refractivity contribution in [3.05, 3.63) is 71.8 Å². The van der Waals surface area contributed by atoms with Crippen molar-refractivity contribution in [2.24, 2.45) is 5.41 Å². The smallest absolute Gasteiger partial charge is 0.324 e. The maximum atomic E-state index is 15.0. The molecule has 268 valence electrons. The van der Waals surface area contributed by atoms with E-state index in [2.05, 4.69) is 65.2 Å². The number of nitrogens with zero attached hydrogens (tertiary/aromatic N) is 2. The fourth-order valence-corrected chi connectivity index (χ4v) is 9.21. The Hall–Kier alpha value is -2.78. The lowest BCUT2D eigenvalue weighted by Crippen LogP contribution is -2.64. The van der Waals surface area contributed by atoms with Crippen LogP contribution in [0.25, 0.3) is 0 Å². The van der Waals surface area contributed by atoms with E-state index < -0.39 is 17.4 Å². The minimum atomic E-state index is -1.57. The second kappa shape index (κ2) is 13.4. The molecule has 49 heavy (non-hydrogen) atoms. The molecule has 4 heterocycles. The normalized spacial score (nSPS) is 26.5. The van der Waals surface area contributed by atoms with Gasteiger partial charge in [-0.25, -0.2) is 0 Å². The van der Waals surface area contributed by atoms with Crippen LogP contribution >= 0.6 is 0 Å². The van der Waals surface area contributed by atoms with E-state index in [1.807, 2.05) is 60.7 Å². The van der Waals surface area contributed by atoms with Crippen LogP contribution in [0.15, 0.2) is 60.7 Å². The number of carbonyl (C=O) groups is 2. The van der Waals surface area contributed by atoms with Crippen LogP contribution in [0.1, 0.15) is 92.2 Å². The molecular formula is C41H58N2O6. The number of hydrogen-bond acceptors (Lipinski definition) is 8. The Morgan fingerprint density at radius 3 is 1.20 bits per heavy atom. The monoisotopic (exact) mass is 674 g/mol. The number of rotatable bonds is 12. The highest BCUT2D eigenvalue weighted by Crippen LogP contribution is 2.44. The predicted octanol–water partition coefficient (Wildman–Crippen LogP) is 6.39. The van der Waals surface area contributed by atoms with Gasteiger partial charge in [-0.3, -0.25) is 19.4 Å². The molecule has 0 bridgehead atoms. The van der Waals surface area contributed by atoms with Gasteiger partial charge in [-0.15, -0.1) is 0 Å². The van der Waals surface area contributed by atoms with Gasteiger partial charge in [0.1, 0.15) is 12.2 Å². The summed E-state index contributed by atoms with van der Waals surface area (Å²) in [5.74, 6) is -0.995. The maximum Gasteiger partial charge on any atom is 0.324 e. The van der Waals surface area contributed by atoms with E-state index in [1.165, 1.54) is 0 Å². The van der Waals surface area contributed by atoms with Crippen molar-refractivity contribution >= 4 is 11.9 Å². The molecule has 4 aliphatic rings. The Bertz CT molecular complexity index is 1320. The van der Waals surface area contributed by atoms with Gasteiger partial charge in [0.15, 0.2) is 5.41 Å². The molecule has 6 rings (SSSR count). The molecule has 0 saturated carbocycles. The highest BCUT2D eigenvalue weighted by atomic mass is 16.6. The van der Waals surface area contributed by atoms with Crippen molar-refractivity contribution in [2.45, 2.75) is 140 Å².